The first-order valence-corrected chi connectivity index (χ1v) is 5.88. The van der Waals surface area contributed by atoms with Gasteiger partial charge in [0, 0.05) is 6.42 Å². The predicted molar refractivity (Wildman–Crippen MR) is 64.3 cm³/mol. The van der Waals surface area contributed by atoms with Crippen molar-refractivity contribution in [2.45, 2.75) is 44.9 Å². The summed E-state index contributed by atoms with van der Waals surface area (Å²) in [4.78, 5) is 36.1. The fourth-order valence-electron chi connectivity index (χ4n) is 1.78. The first-order valence-electron chi connectivity index (χ1n) is 5.88. The van der Waals surface area contributed by atoms with Crippen LogP contribution < -0.4 is 0 Å². The number of amides is 1. The van der Waals surface area contributed by atoms with Crippen molar-refractivity contribution in [2.75, 3.05) is 14.2 Å². The van der Waals surface area contributed by atoms with Crippen molar-refractivity contribution in [3.63, 3.8) is 0 Å². The molecule has 0 N–H and O–H groups in total. The molecule has 0 spiro atoms. The Morgan fingerprint density at radius 1 is 1.00 bits per heavy atom. The highest BCUT2D eigenvalue weighted by Gasteiger charge is 2.52. The molecule has 1 amide bonds. The number of likely N-dealkylation sites (tertiary alicyclic amines) is 1. The minimum Gasteiger partial charge on any atom is -0.467 e. The fourth-order valence-corrected chi connectivity index (χ4v) is 1.78. The lowest BCUT2D eigenvalue weighted by Gasteiger charge is -2.44. The van der Waals surface area contributed by atoms with Gasteiger partial charge in [-0.25, -0.2) is 14.4 Å². The summed E-state index contributed by atoms with van der Waals surface area (Å²) in [5.74, 6) is -1.16. The van der Waals surface area contributed by atoms with Gasteiger partial charge >= 0.3 is 18.0 Å². The summed E-state index contributed by atoms with van der Waals surface area (Å²) in [6.07, 6.45) is -0.553. The van der Waals surface area contributed by atoms with E-state index in [1.165, 1.54) is 14.2 Å². The maximum atomic E-state index is 12.0. The molecule has 2 atom stereocenters. The van der Waals surface area contributed by atoms with E-state index in [0.29, 0.717) is 0 Å². The maximum absolute atomic E-state index is 12.0. The summed E-state index contributed by atoms with van der Waals surface area (Å²) in [6, 6.07) is -1.60. The van der Waals surface area contributed by atoms with Crippen LogP contribution in [0, 0.1) is 0 Å². The number of nitrogens with zero attached hydrogens (tertiary/aromatic N) is 1. The van der Waals surface area contributed by atoms with Gasteiger partial charge in [0.2, 0.25) is 0 Å². The number of hydrogen-bond acceptors (Lipinski definition) is 6. The first-order chi connectivity index (χ1) is 8.71. The van der Waals surface area contributed by atoms with Gasteiger partial charge in [-0.1, -0.05) is 0 Å². The lowest BCUT2D eigenvalue weighted by atomic mass is 9.93. The van der Waals surface area contributed by atoms with Crippen LogP contribution in [-0.4, -0.2) is 54.8 Å². The summed E-state index contributed by atoms with van der Waals surface area (Å²) in [7, 11) is 2.45. The summed E-state index contributed by atoms with van der Waals surface area (Å²) in [6.45, 7) is 5.10. The molecule has 0 bridgehead atoms. The first kappa shape index (κ1) is 15.3. The molecule has 0 saturated carbocycles. The molecule has 1 heterocycles. The van der Waals surface area contributed by atoms with E-state index >= 15 is 0 Å². The standard InChI is InChI=1S/C12H19NO6/c1-12(2,3)19-11(16)13-7(9(14)17-4)6-8(13)10(15)18-5/h7-8H,6H2,1-5H3/t7-,8-/m0/s1. The van der Waals surface area contributed by atoms with Crippen LogP contribution in [0.1, 0.15) is 27.2 Å². The molecule has 1 aliphatic rings. The third kappa shape index (κ3) is 3.36. The normalized spacial score (nSPS) is 22.3. The maximum Gasteiger partial charge on any atom is 0.411 e. The molecule has 0 aromatic heterocycles. The lowest BCUT2D eigenvalue weighted by molar-refractivity contribution is -0.165. The fraction of sp³-hybridized carbons (Fsp3) is 0.750. The SMILES string of the molecule is COC(=O)[C@@H]1C[C@@H](C(=O)OC)N1C(=O)OC(C)(C)C. The van der Waals surface area contributed by atoms with Crippen molar-refractivity contribution in [3.05, 3.63) is 0 Å². The van der Waals surface area contributed by atoms with E-state index in [0.717, 1.165) is 4.90 Å². The van der Waals surface area contributed by atoms with Crippen LogP contribution in [0.25, 0.3) is 0 Å². The molecule has 1 fully saturated rings. The average molecular weight is 273 g/mol. The number of hydrogen-bond donors (Lipinski definition) is 0. The van der Waals surface area contributed by atoms with Gasteiger partial charge in [0.15, 0.2) is 0 Å². The summed E-state index contributed by atoms with van der Waals surface area (Å²) >= 11 is 0. The molecule has 108 valence electrons. The van der Waals surface area contributed by atoms with Crippen molar-refractivity contribution in [1.29, 1.82) is 0 Å². The number of ether oxygens (including phenoxy) is 3. The molecule has 0 aromatic carbocycles. The summed E-state index contributed by atoms with van der Waals surface area (Å²) in [5, 5.41) is 0. The molecule has 1 rings (SSSR count). The average Bonchev–Trinajstić information content (AvgIpc) is 2.24. The molecule has 0 unspecified atom stereocenters. The van der Waals surface area contributed by atoms with E-state index in [1.807, 2.05) is 0 Å². The van der Waals surface area contributed by atoms with Crippen LogP contribution in [0.5, 0.6) is 0 Å². The summed E-state index contributed by atoms with van der Waals surface area (Å²) < 4.78 is 14.3. The smallest absolute Gasteiger partial charge is 0.411 e. The van der Waals surface area contributed by atoms with E-state index < -0.39 is 35.7 Å². The quantitative estimate of drug-likeness (QED) is 0.544. The van der Waals surface area contributed by atoms with E-state index in [9.17, 15) is 14.4 Å². The number of rotatable bonds is 2. The van der Waals surface area contributed by atoms with Gasteiger partial charge < -0.3 is 14.2 Å². The van der Waals surface area contributed by atoms with Crippen molar-refractivity contribution in [3.8, 4) is 0 Å². The highest BCUT2D eigenvalue weighted by Crippen LogP contribution is 2.29. The van der Waals surface area contributed by atoms with Crippen LogP contribution in [0.3, 0.4) is 0 Å². The van der Waals surface area contributed by atoms with Crippen LogP contribution in [0.15, 0.2) is 0 Å². The molecule has 7 nitrogen and oxygen atoms in total. The minimum atomic E-state index is -0.802. The van der Waals surface area contributed by atoms with E-state index in [1.54, 1.807) is 20.8 Å². The Kier molecular flexibility index (Phi) is 4.39. The Labute approximate surface area is 111 Å². The van der Waals surface area contributed by atoms with Crippen molar-refractivity contribution in [1.82, 2.24) is 4.90 Å². The van der Waals surface area contributed by atoms with Gasteiger partial charge in [0.1, 0.15) is 17.7 Å². The molecular formula is C12H19NO6. The molecule has 1 saturated heterocycles. The lowest BCUT2D eigenvalue weighted by Crippen LogP contribution is -2.65. The third-order valence-corrected chi connectivity index (χ3v) is 2.67. The molecule has 0 aliphatic carbocycles. The Morgan fingerprint density at radius 2 is 1.42 bits per heavy atom. The second-order valence-electron chi connectivity index (χ2n) is 5.20. The highest BCUT2D eigenvalue weighted by atomic mass is 16.6. The molecule has 19 heavy (non-hydrogen) atoms. The van der Waals surface area contributed by atoms with Gasteiger partial charge in [-0.15, -0.1) is 0 Å². The second kappa shape index (κ2) is 5.46. The number of carbonyl (C=O) groups excluding carboxylic acids is 3. The second-order valence-corrected chi connectivity index (χ2v) is 5.20. The molecule has 0 aromatic rings. The Morgan fingerprint density at radius 3 is 1.74 bits per heavy atom. The Balaban J connectivity index is 2.84. The van der Waals surface area contributed by atoms with Gasteiger partial charge in [-0.3, -0.25) is 4.90 Å². The number of methoxy groups -OCH3 is 2. The highest BCUT2D eigenvalue weighted by molar-refractivity contribution is 5.90. The zero-order valence-corrected chi connectivity index (χ0v) is 11.8. The zero-order chi connectivity index (χ0) is 14.8. The van der Waals surface area contributed by atoms with Gasteiger partial charge in [0.25, 0.3) is 0 Å². The zero-order valence-electron chi connectivity index (χ0n) is 11.8. The van der Waals surface area contributed by atoms with E-state index in [-0.39, 0.29) is 6.42 Å². The molecule has 1 aliphatic heterocycles. The molecule has 7 heteroatoms. The van der Waals surface area contributed by atoms with E-state index in [2.05, 4.69) is 9.47 Å². The van der Waals surface area contributed by atoms with Crippen molar-refractivity contribution < 1.29 is 28.6 Å². The van der Waals surface area contributed by atoms with E-state index in [4.69, 9.17) is 4.74 Å². The Hall–Kier alpha value is -1.79. The minimum absolute atomic E-state index is 0.179. The number of esters is 2. The topological polar surface area (TPSA) is 82.1 Å². The number of carbonyl (C=O) groups is 3. The van der Waals surface area contributed by atoms with Crippen LogP contribution in [0.2, 0.25) is 0 Å². The third-order valence-electron chi connectivity index (χ3n) is 2.67. The largest absolute Gasteiger partial charge is 0.467 e. The van der Waals surface area contributed by atoms with Crippen LogP contribution in [0.4, 0.5) is 4.79 Å². The molecular weight excluding hydrogens is 254 g/mol. The van der Waals surface area contributed by atoms with Crippen molar-refractivity contribution >= 4 is 18.0 Å². The summed E-state index contributed by atoms with van der Waals surface area (Å²) in [5.41, 5.74) is -0.714. The predicted octanol–water partition coefficient (Wildman–Crippen LogP) is 0.710. The van der Waals surface area contributed by atoms with Crippen LogP contribution in [-0.2, 0) is 23.8 Å². The monoisotopic (exact) mass is 273 g/mol. The van der Waals surface area contributed by atoms with Gasteiger partial charge in [-0.2, -0.15) is 0 Å². The van der Waals surface area contributed by atoms with Gasteiger partial charge in [0.05, 0.1) is 14.2 Å². The van der Waals surface area contributed by atoms with Gasteiger partial charge in [-0.05, 0) is 20.8 Å². The van der Waals surface area contributed by atoms with Crippen molar-refractivity contribution in [2.24, 2.45) is 0 Å². The molecule has 0 radical (unpaired) electrons. The van der Waals surface area contributed by atoms with Crippen LogP contribution >= 0.6 is 0 Å². The Bertz CT molecular complexity index is 364.